The summed E-state index contributed by atoms with van der Waals surface area (Å²) in [6, 6.07) is 15.9. The molecule has 0 saturated carbocycles. The first-order valence-electron chi connectivity index (χ1n) is 7.70. The fourth-order valence-corrected chi connectivity index (χ4v) is 2.40. The molecule has 2 aromatic carbocycles. The first-order valence-corrected chi connectivity index (χ1v) is 8.08. The summed E-state index contributed by atoms with van der Waals surface area (Å²) in [7, 11) is 0. The van der Waals surface area contributed by atoms with Gasteiger partial charge in [0.1, 0.15) is 12.4 Å². The van der Waals surface area contributed by atoms with Crippen molar-refractivity contribution in [2.75, 3.05) is 36.5 Å². The standard InChI is InChI=1S/C18H23ClN2O/c1-3-21(4-2)17-9-7-16(8-10-17)20-13-14-22-18-11-5-15(19)6-12-18/h5-12,20H,3-4,13-14H2,1-2H3. The minimum absolute atomic E-state index is 0.611. The molecule has 118 valence electrons. The molecule has 0 amide bonds. The van der Waals surface area contributed by atoms with Gasteiger partial charge in [0.25, 0.3) is 0 Å². The predicted octanol–water partition coefficient (Wildman–Crippen LogP) is 4.68. The van der Waals surface area contributed by atoms with Crippen molar-refractivity contribution in [2.24, 2.45) is 0 Å². The van der Waals surface area contributed by atoms with E-state index in [1.54, 1.807) is 0 Å². The lowest BCUT2D eigenvalue weighted by Crippen LogP contribution is -2.21. The molecule has 0 aliphatic rings. The number of anilines is 2. The van der Waals surface area contributed by atoms with Gasteiger partial charge in [-0.2, -0.15) is 0 Å². The van der Waals surface area contributed by atoms with Crippen LogP contribution in [0.5, 0.6) is 5.75 Å². The Hall–Kier alpha value is -1.87. The molecular formula is C18H23ClN2O. The number of nitrogens with zero attached hydrogens (tertiary/aromatic N) is 1. The third kappa shape index (κ3) is 4.85. The monoisotopic (exact) mass is 318 g/mol. The Morgan fingerprint density at radius 2 is 1.59 bits per heavy atom. The zero-order chi connectivity index (χ0) is 15.8. The van der Waals surface area contributed by atoms with Crippen LogP contribution in [0, 0.1) is 0 Å². The van der Waals surface area contributed by atoms with E-state index in [0.717, 1.165) is 36.1 Å². The molecule has 0 saturated heterocycles. The van der Waals surface area contributed by atoms with Gasteiger partial charge in [0, 0.05) is 36.0 Å². The van der Waals surface area contributed by atoms with E-state index in [-0.39, 0.29) is 0 Å². The molecule has 0 fully saturated rings. The summed E-state index contributed by atoms with van der Waals surface area (Å²) in [6.07, 6.45) is 0. The normalized spacial score (nSPS) is 10.3. The molecule has 0 aromatic heterocycles. The van der Waals surface area contributed by atoms with Gasteiger partial charge in [-0.05, 0) is 62.4 Å². The van der Waals surface area contributed by atoms with Crippen molar-refractivity contribution in [3.63, 3.8) is 0 Å². The van der Waals surface area contributed by atoms with Crippen LogP contribution in [0.3, 0.4) is 0 Å². The molecule has 2 rings (SSSR count). The van der Waals surface area contributed by atoms with Crippen LogP contribution >= 0.6 is 11.6 Å². The SMILES string of the molecule is CCN(CC)c1ccc(NCCOc2ccc(Cl)cc2)cc1. The van der Waals surface area contributed by atoms with Crippen molar-refractivity contribution in [1.29, 1.82) is 0 Å². The number of benzene rings is 2. The van der Waals surface area contributed by atoms with Gasteiger partial charge in [-0.1, -0.05) is 11.6 Å². The summed E-state index contributed by atoms with van der Waals surface area (Å²) in [5, 5.41) is 4.08. The molecule has 0 bridgehead atoms. The summed E-state index contributed by atoms with van der Waals surface area (Å²) in [5.41, 5.74) is 2.36. The van der Waals surface area contributed by atoms with Crippen LogP contribution in [-0.4, -0.2) is 26.2 Å². The average Bonchev–Trinajstić information content (AvgIpc) is 2.56. The molecule has 0 spiro atoms. The molecule has 0 radical (unpaired) electrons. The van der Waals surface area contributed by atoms with Crippen LogP contribution in [0.1, 0.15) is 13.8 Å². The van der Waals surface area contributed by atoms with Crippen LogP contribution < -0.4 is 15.0 Å². The van der Waals surface area contributed by atoms with Gasteiger partial charge >= 0.3 is 0 Å². The number of rotatable bonds is 8. The van der Waals surface area contributed by atoms with E-state index >= 15 is 0 Å². The third-order valence-electron chi connectivity index (χ3n) is 3.51. The fraction of sp³-hybridized carbons (Fsp3) is 0.333. The Balaban J connectivity index is 1.76. The minimum atomic E-state index is 0.611. The Morgan fingerprint density at radius 3 is 2.18 bits per heavy atom. The van der Waals surface area contributed by atoms with E-state index in [9.17, 15) is 0 Å². The maximum absolute atomic E-state index is 5.84. The number of hydrogen-bond acceptors (Lipinski definition) is 3. The molecule has 22 heavy (non-hydrogen) atoms. The smallest absolute Gasteiger partial charge is 0.119 e. The molecule has 1 N–H and O–H groups in total. The Bertz CT molecular complexity index is 550. The second kappa shape index (κ2) is 8.54. The second-order valence-corrected chi connectivity index (χ2v) is 5.38. The minimum Gasteiger partial charge on any atom is -0.492 e. The van der Waals surface area contributed by atoms with Crippen LogP contribution in [-0.2, 0) is 0 Å². The molecule has 2 aromatic rings. The summed E-state index contributed by atoms with van der Waals surface area (Å²) < 4.78 is 5.65. The van der Waals surface area contributed by atoms with E-state index in [0.29, 0.717) is 6.61 Å². The van der Waals surface area contributed by atoms with Crippen molar-refractivity contribution in [3.05, 3.63) is 53.6 Å². The zero-order valence-electron chi connectivity index (χ0n) is 13.2. The Kier molecular flexibility index (Phi) is 6.41. The van der Waals surface area contributed by atoms with Gasteiger partial charge in [0.2, 0.25) is 0 Å². The van der Waals surface area contributed by atoms with Gasteiger partial charge < -0.3 is 15.0 Å². The van der Waals surface area contributed by atoms with Crippen LogP contribution in [0.15, 0.2) is 48.5 Å². The highest BCUT2D eigenvalue weighted by atomic mass is 35.5. The number of hydrogen-bond donors (Lipinski definition) is 1. The van der Waals surface area contributed by atoms with Crippen molar-refractivity contribution >= 4 is 23.0 Å². The van der Waals surface area contributed by atoms with Crippen molar-refractivity contribution < 1.29 is 4.74 Å². The van der Waals surface area contributed by atoms with E-state index < -0.39 is 0 Å². The van der Waals surface area contributed by atoms with Crippen molar-refractivity contribution in [1.82, 2.24) is 0 Å². The second-order valence-electron chi connectivity index (χ2n) is 4.95. The van der Waals surface area contributed by atoms with Gasteiger partial charge in [-0.3, -0.25) is 0 Å². The van der Waals surface area contributed by atoms with Gasteiger partial charge in [-0.15, -0.1) is 0 Å². The number of nitrogens with one attached hydrogen (secondary N) is 1. The lowest BCUT2D eigenvalue weighted by Gasteiger charge is -2.21. The Morgan fingerprint density at radius 1 is 0.955 bits per heavy atom. The summed E-state index contributed by atoms with van der Waals surface area (Å²) in [4.78, 5) is 2.33. The van der Waals surface area contributed by atoms with Gasteiger partial charge in [0.15, 0.2) is 0 Å². The molecule has 3 nitrogen and oxygen atoms in total. The summed E-state index contributed by atoms with van der Waals surface area (Å²) in [5.74, 6) is 0.836. The highest BCUT2D eigenvalue weighted by Gasteiger charge is 2.01. The van der Waals surface area contributed by atoms with Crippen LogP contribution in [0.2, 0.25) is 5.02 Å². The number of ether oxygens (including phenoxy) is 1. The third-order valence-corrected chi connectivity index (χ3v) is 3.76. The summed E-state index contributed by atoms with van der Waals surface area (Å²) >= 11 is 5.84. The average molecular weight is 319 g/mol. The van der Waals surface area contributed by atoms with Crippen LogP contribution in [0.4, 0.5) is 11.4 Å². The van der Waals surface area contributed by atoms with Crippen molar-refractivity contribution in [2.45, 2.75) is 13.8 Å². The fourth-order valence-electron chi connectivity index (χ4n) is 2.27. The number of halogens is 1. The van der Waals surface area contributed by atoms with Gasteiger partial charge in [-0.25, -0.2) is 0 Å². The van der Waals surface area contributed by atoms with Crippen molar-refractivity contribution in [3.8, 4) is 5.75 Å². The van der Waals surface area contributed by atoms with E-state index in [1.807, 2.05) is 24.3 Å². The van der Waals surface area contributed by atoms with Gasteiger partial charge in [0.05, 0.1) is 0 Å². The molecule has 0 aliphatic carbocycles. The van der Waals surface area contributed by atoms with E-state index in [1.165, 1.54) is 5.69 Å². The first kappa shape index (κ1) is 16.5. The zero-order valence-corrected chi connectivity index (χ0v) is 13.9. The molecule has 0 unspecified atom stereocenters. The maximum Gasteiger partial charge on any atom is 0.119 e. The molecule has 0 aliphatic heterocycles. The predicted molar refractivity (Wildman–Crippen MR) is 95.4 cm³/mol. The topological polar surface area (TPSA) is 24.5 Å². The quantitative estimate of drug-likeness (QED) is 0.715. The lowest BCUT2D eigenvalue weighted by atomic mass is 10.2. The highest BCUT2D eigenvalue weighted by molar-refractivity contribution is 6.30. The maximum atomic E-state index is 5.84. The molecule has 0 atom stereocenters. The molecule has 4 heteroatoms. The Labute approximate surface area is 137 Å². The van der Waals surface area contributed by atoms with E-state index in [4.69, 9.17) is 16.3 Å². The van der Waals surface area contributed by atoms with E-state index in [2.05, 4.69) is 48.3 Å². The highest BCUT2D eigenvalue weighted by Crippen LogP contribution is 2.18. The lowest BCUT2D eigenvalue weighted by molar-refractivity contribution is 0.333. The molecular weight excluding hydrogens is 296 g/mol. The summed E-state index contributed by atoms with van der Waals surface area (Å²) in [6.45, 7) is 7.76. The first-order chi connectivity index (χ1) is 10.7. The largest absolute Gasteiger partial charge is 0.492 e. The molecule has 0 heterocycles. The van der Waals surface area contributed by atoms with Crippen LogP contribution in [0.25, 0.3) is 0 Å².